The van der Waals surface area contributed by atoms with E-state index in [1.165, 1.54) is 6.42 Å². The molecule has 1 aliphatic carbocycles. The lowest BCUT2D eigenvalue weighted by Crippen LogP contribution is -2.31. The monoisotopic (exact) mass is 303 g/mol. The fourth-order valence-corrected chi connectivity index (χ4v) is 2.44. The summed E-state index contributed by atoms with van der Waals surface area (Å²) < 4.78 is 6.71. The summed E-state index contributed by atoms with van der Waals surface area (Å²) in [6.07, 6.45) is 3.53. The number of benzene rings is 1. The molecule has 2 N–H and O–H groups in total. The molecule has 0 unspecified atom stereocenters. The van der Waals surface area contributed by atoms with Crippen LogP contribution < -0.4 is 5.73 Å². The molecule has 0 spiro atoms. The SMILES string of the molecule is N[C@H]1CCC[C@@H]1OCc1ccc(Br)c(Cl)c1. The molecule has 1 aromatic rings. The molecule has 88 valence electrons. The Morgan fingerprint density at radius 1 is 1.44 bits per heavy atom. The summed E-state index contributed by atoms with van der Waals surface area (Å²) in [6, 6.07) is 6.07. The Morgan fingerprint density at radius 2 is 2.25 bits per heavy atom. The third kappa shape index (κ3) is 2.98. The van der Waals surface area contributed by atoms with E-state index in [9.17, 15) is 0 Å². The summed E-state index contributed by atoms with van der Waals surface area (Å²) in [5, 5.41) is 0.719. The van der Waals surface area contributed by atoms with Gasteiger partial charge in [0.1, 0.15) is 0 Å². The minimum Gasteiger partial charge on any atom is -0.372 e. The van der Waals surface area contributed by atoms with E-state index in [4.69, 9.17) is 22.1 Å². The highest BCUT2D eigenvalue weighted by Crippen LogP contribution is 2.25. The molecule has 1 fully saturated rings. The van der Waals surface area contributed by atoms with Crippen LogP contribution in [0.5, 0.6) is 0 Å². The molecule has 1 aliphatic rings. The van der Waals surface area contributed by atoms with Gasteiger partial charge in [-0.2, -0.15) is 0 Å². The number of rotatable bonds is 3. The predicted octanol–water partition coefficient (Wildman–Crippen LogP) is 3.50. The molecule has 16 heavy (non-hydrogen) atoms. The normalized spacial score (nSPS) is 24.9. The van der Waals surface area contributed by atoms with Gasteiger partial charge in [0, 0.05) is 10.5 Å². The van der Waals surface area contributed by atoms with Gasteiger partial charge >= 0.3 is 0 Å². The van der Waals surface area contributed by atoms with Gasteiger partial charge in [-0.25, -0.2) is 0 Å². The first-order valence-corrected chi connectivity index (χ1v) is 6.65. The van der Waals surface area contributed by atoms with E-state index in [0.29, 0.717) is 6.61 Å². The van der Waals surface area contributed by atoms with Crippen LogP contribution in [0.2, 0.25) is 5.02 Å². The number of ether oxygens (including phenoxy) is 1. The van der Waals surface area contributed by atoms with Gasteiger partial charge in [-0.3, -0.25) is 0 Å². The lowest BCUT2D eigenvalue weighted by Gasteiger charge is -2.16. The summed E-state index contributed by atoms with van der Waals surface area (Å²) in [5.74, 6) is 0. The lowest BCUT2D eigenvalue weighted by atomic mass is 10.2. The lowest BCUT2D eigenvalue weighted by molar-refractivity contribution is 0.0357. The summed E-state index contributed by atoms with van der Waals surface area (Å²) in [6.45, 7) is 0.589. The zero-order valence-corrected chi connectivity index (χ0v) is 11.3. The first kappa shape index (κ1) is 12.4. The van der Waals surface area contributed by atoms with Crippen LogP contribution in [-0.4, -0.2) is 12.1 Å². The van der Waals surface area contributed by atoms with Crippen LogP contribution in [0.15, 0.2) is 22.7 Å². The van der Waals surface area contributed by atoms with Crippen LogP contribution in [0.4, 0.5) is 0 Å². The number of halogens is 2. The van der Waals surface area contributed by atoms with E-state index in [-0.39, 0.29) is 12.1 Å². The second-order valence-electron chi connectivity index (χ2n) is 4.19. The standard InChI is InChI=1S/C12H15BrClNO/c13-9-5-4-8(6-10(9)14)7-16-12-3-1-2-11(12)15/h4-6,11-12H,1-3,7,15H2/t11-,12-/m0/s1. The summed E-state index contributed by atoms with van der Waals surface area (Å²) in [4.78, 5) is 0. The van der Waals surface area contributed by atoms with Crippen molar-refractivity contribution in [2.75, 3.05) is 0 Å². The van der Waals surface area contributed by atoms with E-state index >= 15 is 0 Å². The molecule has 0 saturated heterocycles. The molecule has 0 amide bonds. The average molecular weight is 305 g/mol. The highest BCUT2D eigenvalue weighted by Gasteiger charge is 2.24. The van der Waals surface area contributed by atoms with Crippen molar-refractivity contribution >= 4 is 27.5 Å². The van der Waals surface area contributed by atoms with Gasteiger partial charge in [0.2, 0.25) is 0 Å². The van der Waals surface area contributed by atoms with Crippen LogP contribution in [0.25, 0.3) is 0 Å². The van der Waals surface area contributed by atoms with E-state index in [1.807, 2.05) is 18.2 Å². The summed E-state index contributed by atoms with van der Waals surface area (Å²) in [7, 11) is 0. The second kappa shape index (κ2) is 5.50. The van der Waals surface area contributed by atoms with Crippen molar-refractivity contribution in [3.8, 4) is 0 Å². The molecular formula is C12H15BrClNO. The van der Waals surface area contributed by atoms with E-state index in [0.717, 1.165) is 27.9 Å². The zero-order valence-electron chi connectivity index (χ0n) is 8.96. The maximum atomic E-state index is 6.01. The first-order valence-electron chi connectivity index (χ1n) is 5.48. The van der Waals surface area contributed by atoms with E-state index in [1.54, 1.807) is 0 Å². The fraction of sp³-hybridized carbons (Fsp3) is 0.500. The Bertz CT molecular complexity index is 372. The fourth-order valence-electron chi connectivity index (χ4n) is 1.99. The van der Waals surface area contributed by atoms with Gasteiger partial charge in [-0.15, -0.1) is 0 Å². The van der Waals surface area contributed by atoms with E-state index in [2.05, 4.69) is 15.9 Å². The summed E-state index contributed by atoms with van der Waals surface area (Å²) in [5.41, 5.74) is 7.03. The van der Waals surface area contributed by atoms with E-state index < -0.39 is 0 Å². The highest BCUT2D eigenvalue weighted by atomic mass is 79.9. The average Bonchev–Trinajstić information content (AvgIpc) is 2.66. The maximum Gasteiger partial charge on any atom is 0.0730 e. The Morgan fingerprint density at radius 3 is 2.88 bits per heavy atom. The molecule has 2 nitrogen and oxygen atoms in total. The minimum absolute atomic E-state index is 0.200. The largest absolute Gasteiger partial charge is 0.372 e. The van der Waals surface area contributed by atoms with Gasteiger partial charge in [0.15, 0.2) is 0 Å². The predicted molar refractivity (Wildman–Crippen MR) is 69.6 cm³/mol. The molecule has 4 heteroatoms. The van der Waals surface area contributed by atoms with Gasteiger partial charge in [-0.1, -0.05) is 17.7 Å². The molecule has 2 rings (SSSR count). The molecular weight excluding hydrogens is 289 g/mol. The number of hydrogen-bond donors (Lipinski definition) is 1. The van der Waals surface area contributed by atoms with Crippen molar-refractivity contribution in [2.45, 2.75) is 38.0 Å². The zero-order chi connectivity index (χ0) is 11.5. The molecule has 0 aromatic heterocycles. The van der Waals surface area contributed by atoms with Crippen molar-refractivity contribution in [1.82, 2.24) is 0 Å². The third-order valence-electron chi connectivity index (χ3n) is 2.95. The topological polar surface area (TPSA) is 35.2 Å². The Kier molecular flexibility index (Phi) is 4.25. The van der Waals surface area contributed by atoms with Gasteiger partial charge < -0.3 is 10.5 Å². The highest BCUT2D eigenvalue weighted by molar-refractivity contribution is 9.10. The molecule has 1 aromatic carbocycles. The van der Waals surface area contributed by atoms with Crippen molar-refractivity contribution in [3.05, 3.63) is 33.3 Å². The van der Waals surface area contributed by atoms with Crippen molar-refractivity contribution < 1.29 is 4.74 Å². The Labute approximate surface area is 109 Å². The van der Waals surface area contributed by atoms with Crippen LogP contribution in [0.1, 0.15) is 24.8 Å². The van der Waals surface area contributed by atoms with Crippen LogP contribution >= 0.6 is 27.5 Å². The molecule has 2 atom stereocenters. The quantitative estimate of drug-likeness (QED) is 0.927. The molecule has 1 saturated carbocycles. The van der Waals surface area contributed by atoms with Crippen molar-refractivity contribution in [1.29, 1.82) is 0 Å². The van der Waals surface area contributed by atoms with Gasteiger partial charge in [-0.05, 0) is 52.9 Å². The maximum absolute atomic E-state index is 6.01. The van der Waals surface area contributed by atoms with Crippen molar-refractivity contribution in [2.24, 2.45) is 5.73 Å². The Hall–Kier alpha value is -0.0900. The number of nitrogens with two attached hydrogens (primary N) is 1. The first-order chi connectivity index (χ1) is 7.66. The van der Waals surface area contributed by atoms with Crippen molar-refractivity contribution in [3.63, 3.8) is 0 Å². The molecule has 0 heterocycles. The van der Waals surface area contributed by atoms with Gasteiger partial charge in [0.05, 0.1) is 17.7 Å². The minimum atomic E-state index is 0.200. The molecule has 0 radical (unpaired) electrons. The third-order valence-corrected chi connectivity index (χ3v) is 4.18. The second-order valence-corrected chi connectivity index (χ2v) is 5.45. The van der Waals surface area contributed by atoms with Crippen LogP contribution in [-0.2, 0) is 11.3 Å². The Balaban J connectivity index is 1.91. The summed E-state index contributed by atoms with van der Waals surface area (Å²) >= 11 is 9.37. The van der Waals surface area contributed by atoms with Crippen LogP contribution in [0, 0.1) is 0 Å². The number of hydrogen-bond acceptors (Lipinski definition) is 2. The van der Waals surface area contributed by atoms with Gasteiger partial charge in [0.25, 0.3) is 0 Å². The molecule has 0 bridgehead atoms. The molecule has 0 aliphatic heterocycles. The smallest absolute Gasteiger partial charge is 0.0730 e. The van der Waals surface area contributed by atoms with Crippen LogP contribution in [0.3, 0.4) is 0 Å².